The van der Waals surface area contributed by atoms with Crippen molar-refractivity contribution in [1.29, 1.82) is 0 Å². The van der Waals surface area contributed by atoms with Crippen LogP contribution in [0.15, 0.2) is 18.2 Å². The molecule has 1 aliphatic carbocycles. The van der Waals surface area contributed by atoms with Gasteiger partial charge in [-0.3, -0.25) is 4.79 Å². The van der Waals surface area contributed by atoms with Gasteiger partial charge in [0.25, 0.3) is 5.91 Å². The van der Waals surface area contributed by atoms with E-state index in [0.29, 0.717) is 24.6 Å². The van der Waals surface area contributed by atoms with Crippen molar-refractivity contribution in [3.05, 3.63) is 29.5 Å². The van der Waals surface area contributed by atoms with Gasteiger partial charge in [-0.15, -0.1) is 0 Å². The number of carbonyl (C=O) groups is 2. The minimum atomic E-state index is -5.26. The van der Waals surface area contributed by atoms with E-state index in [2.05, 4.69) is 25.3 Å². The maximum Gasteiger partial charge on any atom is 0.491 e. The lowest BCUT2D eigenvalue weighted by Gasteiger charge is -2.30. The third-order valence-electron chi connectivity index (χ3n) is 5.99. The molecule has 1 aromatic carbocycles. The van der Waals surface area contributed by atoms with Crippen LogP contribution in [0, 0.1) is 6.92 Å². The zero-order valence-electron chi connectivity index (χ0n) is 22.6. The van der Waals surface area contributed by atoms with Crippen molar-refractivity contribution >= 4 is 23.6 Å². The van der Waals surface area contributed by atoms with Gasteiger partial charge < -0.3 is 29.7 Å². The molecule has 0 radical (unpaired) electrons. The van der Waals surface area contributed by atoms with Gasteiger partial charge >= 0.3 is 12.1 Å². The number of aryl methyl sites for hydroxylation is 1. The van der Waals surface area contributed by atoms with Crippen molar-refractivity contribution in [3.63, 3.8) is 0 Å². The van der Waals surface area contributed by atoms with Crippen molar-refractivity contribution < 1.29 is 37.0 Å². The summed E-state index contributed by atoms with van der Waals surface area (Å²) in [6, 6.07) is 4.43. The lowest BCUT2D eigenvalue weighted by Crippen LogP contribution is -2.40. The highest BCUT2D eigenvalue weighted by molar-refractivity contribution is 5.99. The Bertz CT molecular complexity index is 1170. The molecule has 0 saturated heterocycles. The summed E-state index contributed by atoms with van der Waals surface area (Å²) in [5, 5.41) is 6.28. The molecule has 1 aliphatic rings. The van der Waals surface area contributed by atoms with E-state index in [-0.39, 0.29) is 42.4 Å². The Balaban J connectivity index is 1.73. The number of benzene rings is 1. The van der Waals surface area contributed by atoms with Crippen LogP contribution >= 0.6 is 0 Å². The maximum atomic E-state index is 13.2. The first-order chi connectivity index (χ1) is 18.4. The number of aromatic nitrogens is 2. The Kier molecular flexibility index (Phi) is 9.81. The number of halogens is 3. The second kappa shape index (κ2) is 12.9. The molecule has 13 heteroatoms. The van der Waals surface area contributed by atoms with Gasteiger partial charge in [-0.2, -0.15) is 18.2 Å². The zero-order chi connectivity index (χ0) is 28.7. The first-order valence-corrected chi connectivity index (χ1v) is 12.7. The third-order valence-corrected chi connectivity index (χ3v) is 5.99. The van der Waals surface area contributed by atoms with Crippen molar-refractivity contribution in [3.8, 4) is 17.2 Å². The minimum Gasteiger partial charge on any atom is -0.490 e. The molecule has 214 valence electrons. The quantitative estimate of drug-likeness (QED) is 0.329. The van der Waals surface area contributed by atoms with Crippen LogP contribution in [0.2, 0.25) is 0 Å². The van der Waals surface area contributed by atoms with Crippen LogP contribution in [0.25, 0.3) is 0 Å². The van der Waals surface area contributed by atoms with Gasteiger partial charge in [-0.1, -0.05) is 0 Å². The normalized spacial score (nSPS) is 17.2. The summed E-state index contributed by atoms with van der Waals surface area (Å²) < 4.78 is 54.6. The van der Waals surface area contributed by atoms with E-state index >= 15 is 0 Å². The second-order valence-electron chi connectivity index (χ2n) is 9.28. The average molecular weight is 554 g/mol. The first kappa shape index (κ1) is 29.8. The fourth-order valence-corrected chi connectivity index (χ4v) is 4.21. The molecule has 1 amide bonds. The number of ether oxygens (including phenoxy) is 3. The maximum absolute atomic E-state index is 13.2. The second-order valence-corrected chi connectivity index (χ2v) is 9.28. The molecule has 2 N–H and O–H groups in total. The van der Waals surface area contributed by atoms with Crippen LogP contribution in [0.1, 0.15) is 55.6 Å². The molecular weight excluding hydrogens is 519 g/mol. The Hall–Kier alpha value is -3.77. The number of hydrogen-bond acceptors (Lipinski definition) is 9. The monoisotopic (exact) mass is 553 g/mol. The van der Waals surface area contributed by atoms with E-state index in [9.17, 15) is 22.8 Å². The predicted molar refractivity (Wildman–Crippen MR) is 139 cm³/mol. The lowest BCUT2D eigenvalue weighted by molar-refractivity contribution is -0.189. The predicted octanol–water partition coefficient (Wildman–Crippen LogP) is 4.27. The molecule has 2 aromatic rings. The van der Waals surface area contributed by atoms with Gasteiger partial charge in [0.05, 0.1) is 18.8 Å². The van der Waals surface area contributed by atoms with Gasteiger partial charge in [0.2, 0.25) is 11.7 Å². The summed E-state index contributed by atoms with van der Waals surface area (Å²) in [7, 11) is 3.73. The van der Waals surface area contributed by atoms with Crippen LogP contribution in [0.5, 0.6) is 17.2 Å². The summed E-state index contributed by atoms with van der Waals surface area (Å²) in [5.74, 6) is -2.64. The fourth-order valence-electron chi connectivity index (χ4n) is 4.21. The van der Waals surface area contributed by atoms with Crippen molar-refractivity contribution in [2.75, 3.05) is 37.5 Å². The van der Waals surface area contributed by atoms with Crippen LogP contribution in [0.4, 0.5) is 24.9 Å². The number of carbonyl (C=O) groups excluding carboxylic acids is 2. The lowest BCUT2D eigenvalue weighted by atomic mass is 9.91. The largest absolute Gasteiger partial charge is 0.491 e. The van der Waals surface area contributed by atoms with Crippen LogP contribution in [-0.4, -0.2) is 67.4 Å². The molecule has 0 unspecified atom stereocenters. The number of rotatable bonds is 10. The molecule has 1 fully saturated rings. The summed E-state index contributed by atoms with van der Waals surface area (Å²) in [4.78, 5) is 35.6. The van der Waals surface area contributed by atoms with Gasteiger partial charge in [0.1, 0.15) is 5.82 Å². The summed E-state index contributed by atoms with van der Waals surface area (Å²) in [6.07, 6.45) is -2.55. The number of nitrogens with one attached hydrogen (secondary N) is 2. The molecular formula is C26H34F3N5O5. The third kappa shape index (κ3) is 7.87. The summed E-state index contributed by atoms with van der Waals surface area (Å²) >= 11 is 0. The molecule has 1 saturated carbocycles. The van der Waals surface area contributed by atoms with Crippen LogP contribution in [0.3, 0.4) is 0 Å². The highest BCUT2D eigenvalue weighted by Crippen LogP contribution is 2.41. The number of hydrogen-bond donors (Lipinski definition) is 2. The summed E-state index contributed by atoms with van der Waals surface area (Å²) in [6.45, 7) is 5.40. The van der Waals surface area contributed by atoms with Crippen LogP contribution in [-0.2, 0) is 4.79 Å². The Labute approximate surface area is 225 Å². The Morgan fingerprint density at radius 2 is 1.64 bits per heavy atom. The summed E-state index contributed by atoms with van der Waals surface area (Å²) in [5.41, 5.74) is 0.577. The van der Waals surface area contributed by atoms with E-state index in [4.69, 9.17) is 9.47 Å². The zero-order valence-corrected chi connectivity index (χ0v) is 22.6. The SMILES string of the molecule is CCOc1ccc(C(=O)NC2CCC(Nc3cc(C)nc(N(C)C)n3)CC2)c(OC(=O)C(F)(F)F)c1OCC. The number of anilines is 2. The van der Waals surface area contributed by atoms with E-state index in [1.807, 2.05) is 32.0 Å². The smallest absolute Gasteiger partial charge is 0.490 e. The number of esters is 1. The molecule has 1 heterocycles. The highest BCUT2D eigenvalue weighted by Gasteiger charge is 2.43. The Morgan fingerprint density at radius 3 is 2.23 bits per heavy atom. The van der Waals surface area contributed by atoms with Gasteiger partial charge in [-0.05, 0) is 58.6 Å². The standard InChI is InChI=1S/C26H34F3N5O5/c1-6-37-19-13-12-18(21(22(19)38-7-2)39-24(36)26(27,28)29)23(35)32-17-10-8-16(9-11-17)31-20-14-15(3)30-25(33-20)34(4)5/h12-14,16-17H,6-11H2,1-5H3,(H,32,35)(H,30,31,33). The van der Waals surface area contributed by atoms with E-state index in [0.717, 1.165) is 18.5 Å². The Morgan fingerprint density at radius 1 is 1.00 bits per heavy atom. The fraction of sp³-hybridized carbons (Fsp3) is 0.538. The highest BCUT2D eigenvalue weighted by atomic mass is 19.4. The van der Waals surface area contributed by atoms with Gasteiger partial charge in [-0.25, -0.2) is 9.78 Å². The molecule has 0 spiro atoms. The van der Waals surface area contributed by atoms with Crippen LogP contribution < -0.4 is 29.7 Å². The number of nitrogens with zero attached hydrogens (tertiary/aromatic N) is 3. The van der Waals surface area contributed by atoms with E-state index in [1.54, 1.807) is 13.8 Å². The van der Waals surface area contributed by atoms with Crippen molar-refractivity contribution in [2.24, 2.45) is 0 Å². The van der Waals surface area contributed by atoms with Gasteiger partial charge in [0.15, 0.2) is 11.5 Å². The first-order valence-electron chi connectivity index (χ1n) is 12.7. The van der Waals surface area contributed by atoms with E-state index in [1.165, 1.54) is 12.1 Å². The van der Waals surface area contributed by atoms with Gasteiger partial charge in [0, 0.05) is 37.9 Å². The number of amides is 1. The minimum absolute atomic E-state index is 0.0423. The molecule has 0 atom stereocenters. The topological polar surface area (TPSA) is 115 Å². The average Bonchev–Trinajstić information content (AvgIpc) is 2.86. The molecule has 10 nitrogen and oxygen atoms in total. The molecule has 3 rings (SSSR count). The van der Waals surface area contributed by atoms with E-state index < -0.39 is 23.8 Å². The number of alkyl halides is 3. The molecule has 39 heavy (non-hydrogen) atoms. The molecule has 0 aliphatic heterocycles. The molecule has 1 aromatic heterocycles. The molecule has 0 bridgehead atoms. The van der Waals surface area contributed by atoms with Crippen molar-refractivity contribution in [2.45, 2.75) is 64.7 Å². The van der Waals surface area contributed by atoms with Crippen molar-refractivity contribution in [1.82, 2.24) is 15.3 Å².